The first-order valence-electron chi connectivity index (χ1n) is 6.67. The number of carbonyl (C=O) groups is 2. The monoisotopic (exact) mass is 418 g/mol. The quantitative estimate of drug-likeness (QED) is 0.690. The van der Waals surface area contributed by atoms with Gasteiger partial charge in [-0.15, -0.1) is 0 Å². The number of urea groups is 1. The predicted molar refractivity (Wildman–Crippen MR) is 87.4 cm³/mol. The molecular weight excluding hydrogens is 404 g/mol. The molecule has 5 nitrogen and oxygen atoms in total. The van der Waals surface area contributed by atoms with Crippen LogP contribution in [0, 0.1) is 5.41 Å². The third kappa shape index (κ3) is 3.77. The molecule has 1 aliphatic carbocycles. The van der Waals surface area contributed by atoms with E-state index in [0.717, 1.165) is 21.8 Å². The zero-order chi connectivity index (χ0) is 15.5. The highest BCUT2D eigenvalue weighted by atomic mass is 79.9. The lowest BCUT2D eigenvalue weighted by molar-refractivity contribution is -0.148. The average Bonchev–Trinajstić information content (AvgIpc) is 2.91. The van der Waals surface area contributed by atoms with Crippen molar-refractivity contribution < 1.29 is 14.7 Å². The van der Waals surface area contributed by atoms with Crippen LogP contribution in [-0.4, -0.2) is 23.7 Å². The number of para-hydroxylation sites is 1. The van der Waals surface area contributed by atoms with Crippen molar-refractivity contribution in [3.63, 3.8) is 0 Å². The number of amides is 2. The van der Waals surface area contributed by atoms with Gasteiger partial charge in [-0.3, -0.25) is 4.79 Å². The summed E-state index contributed by atoms with van der Waals surface area (Å²) in [6.45, 7) is 0.149. The highest BCUT2D eigenvalue weighted by molar-refractivity contribution is 9.11. The summed E-state index contributed by atoms with van der Waals surface area (Å²) in [5.74, 6) is -0.831. The Hall–Kier alpha value is -1.08. The summed E-state index contributed by atoms with van der Waals surface area (Å²) in [7, 11) is 0. The lowest BCUT2D eigenvalue weighted by Gasteiger charge is -2.24. The molecule has 1 aromatic rings. The molecule has 0 saturated heterocycles. The van der Waals surface area contributed by atoms with Crippen LogP contribution in [-0.2, 0) is 4.79 Å². The smallest absolute Gasteiger partial charge is 0.319 e. The molecule has 0 spiro atoms. The van der Waals surface area contributed by atoms with Crippen LogP contribution in [0.4, 0.5) is 10.5 Å². The van der Waals surface area contributed by atoms with Gasteiger partial charge in [0.15, 0.2) is 0 Å². The van der Waals surface area contributed by atoms with Gasteiger partial charge in [-0.25, -0.2) is 4.79 Å². The second kappa shape index (κ2) is 6.79. The van der Waals surface area contributed by atoms with Crippen LogP contribution in [0.25, 0.3) is 0 Å². The molecule has 1 aliphatic rings. The third-order valence-corrected chi connectivity index (χ3v) is 5.12. The van der Waals surface area contributed by atoms with Crippen molar-refractivity contribution in [1.82, 2.24) is 5.32 Å². The summed E-state index contributed by atoms with van der Waals surface area (Å²) in [6.07, 6.45) is 3.01. The van der Waals surface area contributed by atoms with Crippen molar-refractivity contribution in [3.8, 4) is 0 Å². The SMILES string of the molecule is O=C(NCC1(C(=O)O)CCCC1)Nc1c(Br)cccc1Br. The van der Waals surface area contributed by atoms with Crippen LogP contribution in [0.15, 0.2) is 27.1 Å². The number of hydrogen-bond donors (Lipinski definition) is 3. The number of rotatable bonds is 4. The Balaban J connectivity index is 1.98. The van der Waals surface area contributed by atoms with Gasteiger partial charge in [-0.05, 0) is 56.8 Å². The second-order valence-corrected chi connectivity index (χ2v) is 6.91. The van der Waals surface area contributed by atoms with E-state index in [2.05, 4.69) is 42.5 Å². The Morgan fingerprint density at radius 2 is 1.76 bits per heavy atom. The molecule has 0 aromatic heterocycles. The fourth-order valence-corrected chi connectivity index (χ4v) is 3.74. The minimum absolute atomic E-state index is 0.149. The first-order chi connectivity index (χ1) is 9.94. The zero-order valence-corrected chi connectivity index (χ0v) is 14.5. The van der Waals surface area contributed by atoms with Gasteiger partial charge in [0.05, 0.1) is 11.1 Å². The average molecular weight is 420 g/mol. The van der Waals surface area contributed by atoms with Crippen molar-refractivity contribution in [1.29, 1.82) is 0 Å². The lowest BCUT2D eigenvalue weighted by Crippen LogP contribution is -2.42. The maximum absolute atomic E-state index is 12.0. The summed E-state index contributed by atoms with van der Waals surface area (Å²) >= 11 is 6.72. The van der Waals surface area contributed by atoms with E-state index in [4.69, 9.17) is 0 Å². The molecule has 1 aromatic carbocycles. The largest absolute Gasteiger partial charge is 0.481 e. The van der Waals surface area contributed by atoms with Crippen molar-refractivity contribution >= 4 is 49.5 Å². The number of nitrogens with one attached hydrogen (secondary N) is 2. The van der Waals surface area contributed by atoms with Crippen molar-refractivity contribution in [3.05, 3.63) is 27.1 Å². The van der Waals surface area contributed by atoms with E-state index in [0.29, 0.717) is 18.5 Å². The van der Waals surface area contributed by atoms with E-state index >= 15 is 0 Å². The molecule has 1 fully saturated rings. The minimum atomic E-state index is -0.831. The number of halogens is 2. The second-order valence-electron chi connectivity index (χ2n) is 5.20. The predicted octanol–water partition coefficient (Wildman–Crippen LogP) is 3.98. The van der Waals surface area contributed by atoms with E-state index in [1.807, 2.05) is 18.2 Å². The number of aliphatic carboxylic acids is 1. The van der Waals surface area contributed by atoms with Crippen LogP contribution in [0.2, 0.25) is 0 Å². The highest BCUT2D eigenvalue weighted by Gasteiger charge is 2.41. The van der Waals surface area contributed by atoms with Gasteiger partial charge in [0.2, 0.25) is 0 Å². The van der Waals surface area contributed by atoms with Gasteiger partial charge in [-0.1, -0.05) is 18.9 Å². The molecule has 1 saturated carbocycles. The van der Waals surface area contributed by atoms with Gasteiger partial charge in [0.1, 0.15) is 0 Å². The Morgan fingerprint density at radius 1 is 1.19 bits per heavy atom. The first-order valence-corrected chi connectivity index (χ1v) is 8.25. The maximum Gasteiger partial charge on any atom is 0.319 e. The molecule has 0 aliphatic heterocycles. The standard InChI is InChI=1S/C14H16Br2N2O3/c15-9-4-3-5-10(16)11(9)18-13(21)17-8-14(12(19)20)6-1-2-7-14/h3-5H,1-2,6-8H2,(H,19,20)(H2,17,18,21). The van der Waals surface area contributed by atoms with Gasteiger partial charge in [-0.2, -0.15) is 0 Å². The third-order valence-electron chi connectivity index (χ3n) is 3.80. The van der Waals surface area contributed by atoms with Crippen LogP contribution in [0.3, 0.4) is 0 Å². The van der Waals surface area contributed by atoms with Crippen molar-refractivity contribution in [2.45, 2.75) is 25.7 Å². The van der Waals surface area contributed by atoms with Crippen molar-refractivity contribution in [2.24, 2.45) is 5.41 Å². The fraction of sp³-hybridized carbons (Fsp3) is 0.429. The summed E-state index contributed by atoms with van der Waals surface area (Å²) < 4.78 is 1.50. The van der Waals surface area contributed by atoms with E-state index in [1.165, 1.54) is 0 Å². The minimum Gasteiger partial charge on any atom is -0.481 e. The number of hydrogen-bond acceptors (Lipinski definition) is 2. The van der Waals surface area contributed by atoms with Gasteiger partial charge < -0.3 is 15.7 Å². The van der Waals surface area contributed by atoms with Crippen molar-refractivity contribution in [2.75, 3.05) is 11.9 Å². The Morgan fingerprint density at radius 3 is 2.29 bits per heavy atom. The summed E-state index contributed by atoms with van der Waals surface area (Å²) in [6, 6.07) is 5.07. The number of carboxylic acids is 1. The lowest BCUT2D eigenvalue weighted by atomic mass is 9.86. The van der Waals surface area contributed by atoms with Crippen LogP contribution < -0.4 is 10.6 Å². The zero-order valence-electron chi connectivity index (χ0n) is 11.3. The number of anilines is 1. The Kier molecular flexibility index (Phi) is 5.27. The molecule has 2 rings (SSSR count). The maximum atomic E-state index is 12.0. The molecule has 114 valence electrons. The van der Waals surface area contributed by atoms with E-state index in [1.54, 1.807) is 0 Å². The summed E-state index contributed by atoms with van der Waals surface area (Å²) in [5.41, 5.74) is -0.200. The van der Waals surface area contributed by atoms with E-state index in [9.17, 15) is 14.7 Å². The van der Waals surface area contributed by atoms with Gasteiger partial charge in [0.25, 0.3) is 0 Å². The highest BCUT2D eigenvalue weighted by Crippen LogP contribution is 2.37. The molecule has 3 N–H and O–H groups in total. The summed E-state index contributed by atoms with van der Waals surface area (Å²) in [4.78, 5) is 23.4. The molecule has 0 unspecified atom stereocenters. The molecule has 0 heterocycles. The number of carboxylic acid groups (broad SMARTS) is 1. The number of carbonyl (C=O) groups excluding carboxylic acids is 1. The topological polar surface area (TPSA) is 78.4 Å². The normalized spacial score (nSPS) is 16.5. The fourth-order valence-electron chi connectivity index (χ4n) is 2.54. The molecule has 0 radical (unpaired) electrons. The molecule has 7 heteroatoms. The van der Waals surface area contributed by atoms with Gasteiger partial charge in [0, 0.05) is 15.5 Å². The molecule has 2 amide bonds. The van der Waals surface area contributed by atoms with E-state index < -0.39 is 17.4 Å². The van der Waals surface area contributed by atoms with Gasteiger partial charge >= 0.3 is 12.0 Å². The first kappa shape index (κ1) is 16.3. The molecule has 21 heavy (non-hydrogen) atoms. The number of benzene rings is 1. The van der Waals surface area contributed by atoms with Crippen LogP contribution in [0.5, 0.6) is 0 Å². The Labute approximate surface area is 139 Å². The molecule has 0 atom stereocenters. The molecule has 0 bridgehead atoms. The van der Waals surface area contributed by atoms with E-state index in [-0.39, 0.29) is 6.54 Å². The van der Waals surface area contributed by atoms with Crippen LogP contribution in [0.1, 0.15) is 25.7 Å². The summed E-state index contributed by atoms with van der Waals surface area (Å²) in [5, 5.41) is 14.8. The molecular formula is C14H16Br2N2O3. The van der Waals surface area contributed by atoms with Crippen LogP contribution >= 0.6 is 31.9 Å². The Bertz CT molecular complexity index is 537.